The number of hydrogen-bond donors (Lipinski definition) is 2. The molecule has 0 bridgehead atoms. The molecule has 11 nitrogen and oxygen atoms in total. The molecule has 0 unspecified atom stereocenters. The summed E-state index contributed by atoms with van der Waals surface area (Å²) in [6.45, 7) is 4.83. The van der Waals surface area contributed by atoms with Crippen LogP contribution in [0.25, 0.3) is 15.8 Å². The van der Waals surface area contributed by atoms with Crippen molar-refractivity contribution in [2.24, 2.45) is 0 Å². The average molecular weight is 685 g/mol. The molecule has 3 aromatic carbocycles. The van der Waals surface area contributed by atoms with Gasteiger partial charge in [-0.15, -0.1) is 11.8 Å². The number of rotatable bonds is 13. The molecule has 0 saturated heterocycles. The van der Waals surface area contributed by atoms with Crippen LogP contribution in [0.3, 0.4) is 0 Å². The van der Waals surface area contributed by atoms with Crippen molar-refractivity contribution in [3.05, 3.63) is 112 Å². The Morgan fingerprint density at radius 2 is 1.69 bits per heavy atom. The van der Waals surface area contributed by atoms with Gasteiger partial charge in [0.25, 0.3) is 11.8 Å². The number of nitrogens with one attached hydrogen (secondary N) is 2. The number of methoxy groups -OCH3 is 1. The molecule has 5 rings (SSSR count). The number of esters is 1. The van der Waals surface area contributed by atoms with Crippen molar-refractivity contribution in [2.75, 3.05) is 46.9 Å². The van der Waals surface area contributed by atoms with Gasteiger partial charge in [0.05, 0.1) is 12.4 Å². The van der Waals surface area contributed by atoms with Gasteiger partial charge in [-0.3, -0.25) is 19.2 Å². The van der Waals surface area contributed by atoms with E-state index in [-0.39, 0.29) is 24.0 Å². The van der Waals surface area contributed by atoms with E-state index in [9.17, 15) is 19.2 Å². The van der Waals surface area contributed by atoms with Gasteiger partial charge in [-0.25, -0.2) is 0 Å². The Balaban J connectivity index is 1.23. The van der Waals surface area contributed by atoms with E-state index in [0.717, 1.165) is 27.1 Å². The van der Waals surface area contributed by atoms with Crippen molar-refractivity contribution in [3.8, 4) is 11.5 Å². The van der Waals surface area contributed by atoms with E-state index in [1.807, 2.05) is 73.5 Å². The summed E-state index contributed by atoms with van der Waals surface area (Å²) in [5.41, 5.74) is 3.07. The minimum Gasteiger partial charge on any atom is -0.497 e. The second-order valence-corrected chi connectivity index (χ2v) is 12.8. The van der Waals surface area contributed by atoms with E-state index in [1.54, 1.807) is 36.3 Å². The van der Waals surface area contributed by atoms with E-state index in [2.05, 4.69) is 10.3 Å². The van der Waals surface area contributed by atoms with Crippen molar-refractivity contribution >= 4 is 45.4 Å². The Bertz CT molecular complexity index is 1880. The summed E-state index contributed by atoms with van der Waals surface area (Å²) in [5, 5.41) is 3.18. The predicted molar refractivity (Wildman–Crippen MR) is 190 cm³/mol. The normalized spacial score (nSPS) is 16.4. The molecule has 0 radical (unpaired) electrons. The lowest BCUT2D eigenvalue weighted by atomic mass is 10.1. The molecule has 0 aliphatic carbocycles. The summed E-state index contributed by atoms with van der Waals surface area (Å²) in [6.07, 6.45) is -1.05. The highest BCUT2D eigenvalue weighted by atomic mass is 32.2. The van der Waals surface area contributed by atoms with Gasteiger partial charge in [0.15, 0.2) is 12.7 Å². The molecule has 2 amide bonds. The molecule has 49 heavy (non-hydrogen) atoms. The molecule has 0 spiro atoms. The molecule has 256 valence electrons. The van der Waals surface area contributed by atoms with Crippen LogP contribution in [0.5, 0.6) is 11.5 Å². The molecule has 12 heteroatoms. The van der Waals surface area contributed by atoms with Crippen molar-refractivity contribution in [3.63, 3.8) is 0 Å². The van der Waals surface area contributed by atoms with Gasteiger partial charge in [0.2, 0.25) is 5.56 Å². The lowest BCUT2D eigenvalue weighted by molar-refractivity contribution is -0.157. The molecule has 2 atom stereocenters. The first kappa shape index (κ1) is 35.2. The number of allylic oxidation sites excluding steroid dienone is 1. The number of carbonyl (C=O) groups excluding carboxylic acids is 3. The van der Waals surface area contributed by atoms with E-state index < -0.39 is 17.3 Å². The molecule has 2 N–H and O–H groups in total. The number of H-pyrrole nitrogens is 1. The predicted octanol–water partition coefficient (Wildman–Crippen LogP) is 4.60. The van der Waals surface area contributed by atoms with Crippen LogP contribution >= 0.6 is 11.8 Å². The maximum absolute atomic E-state index is 14.2. The van der Waals surface area contributed by atoms with Crippen molar-refractivity contribution in [1.82, 2.24) is 20.1 Å². The van der Waals surface area contributed by atoms with Crippen molar-refractivity contribution in [2.45, 2.75) is 25.2 Å². The lowest BCUT2D eigenvalue weighted by Gasteiger charge is -2.29. The number of fused-ring (bicyclic) bond motifs is 1. The summed E-state index contributed by atoms with van der Waals surface area (Å²) in [4.78, 5) is 58.0. The zero-order valence-electron chi connectivity index (χ0n) is 27.9. The number of pyridine rings is 1. The summed E-state index contributed by atoms with van der Waals surface area (Å²) in [6, 6.07) is 25.7. The van der Waals surface area contributed by atoms with Crippen LogP contribution in [0.1, 0.15) is 30.2 Å². The van der Waals surface area contributed by atoms with Gasteiger partial charge in [-0.1, -0.05) is 42.5 Å². The van der Waals surface area contributed by atoms with E-state index in [0.29, 0.717) is 43.2 Å². The van der Waals surface area contributed by atoms with Crippen LogP contribution in [0.2, 0.25) is 0 Å². The largest absolute Gasteiger partial charge is 0.497 e. The second kappa shape index (κ2) is 16.4. The van der Waals surface area contributed by atoms with E-state index in [4.69, 9.17) is 14.2 Å². The van der Waals surface area contributed by atoms with Crippen molar-refractivity contribution < 1.29 is 28.6 Å². The Morgan fingerprint density at radius 3 is 2.41 bits per heavy atom. The Labute approximate surface area is 289 Å². The Kier molecular flexibility index (Phi) is 11.8. The third-order valence-electron chi connectivity index (χ3n) is 8.12. The Morgan fingerprint density at radius 1 is 0.959 bits per heavy atom. The zero-order chi connectivity index (χ0) is 34.9. The third-order valence-corrected chi connectivity index (χ3v) is 9.66. The number of benzene rings is 3. The van der Waals surface area contributed by atoms with Crippen LogP contribution in [0.4, 0.5) is 0 Å². The Hall–Kier alpha value is -5.07. The number of aromatic nitrogens is 1. The smallest absolute Gasteiger partial charge is 0.303 e. The molecule has 1 aliphatic rings. The molecule has 4 aromatic rings. The fourth-order valence-corrected chi connectivity index (χ4v) is 6.90. The molecule has 0 saturated carbocycles. The first-order valence-corrected chi connectivity index (χ1v) is 16.8. The first-order chi connectivity index (χ1) is 23.6. The zero-order valence-corrected chi connectivity index (χ0v) is 28.8. The molecule has 0 fully saturated rings. The highest BCUT2D eigenvalue weighted by Gasteiger charge is 2.41. The average Bonchev–Trinajstić information content (AvgIpc) is 3.20. The molecule has 1 aromatic heterocycles. The summed E-state index contributed by atoms with van der Waals surface area (Å²) >= 11 is 1.50. The fraction of sp³-hybridized carbons (Fsp3) is 0.297. The third kappa shape index (κ3) is 9.09. The van der Waals surface area contributed by atoms with Crippen LogP contribution in [0.15, 0.2) is 95.4 Å². The van der Waals surface area contributed by atoms with Crippen LogP contribution in [-0.4, -0.2) is 85.6 Å². The van der Waals surface area contributed by atoms with Gasteiger partial charge in [-0.2, -0.15) is 0 Å². The fourth-order valence-electron chi connectivity index (χ4n) is 5.51. The van der Waals surface area contributed by atoms with Crippen LogP contribution in [0, 0.1) is 0 Å². The number of hydrogen-bond acceptors (Lipinski definition) is 9. The number of likely N-dealkylation sites (N-methyl/N-ethyl adjacent to an activating group) is 1. The second-order valence-electron chi connectivity index (χ2n) is 11.6. The number of nitrogens with zero attached hydrogens (tertiary/aromatic N) is 2. The molecular formula is C37H40N4O7S. The number of ether oxygens (including phenoxy) is 3. The number of aromatic amines is 1. The van der Waals surface area contributed by atoms with Gasteiger partial charge in [-0.05, 0) is 61.5 Å². The maximum Gasteiger partial charge on any atom is 0.303 e. The number of amides is 2. The highest BCUT2D eigenvalue weighted by molar-refractivity contribution is 8.08. The SMILES string of the molecule is COc1ccc([C@@H]2SC(c3ccccc3)=C(C)N(CCN(C)CCNC(=O)COc3ccc4[nH]c(=O)ccc4c3)C(=O)[C@@H]2OC(C)=O)cc1. The summed E-state index contributed by atoms with van der Waals surface area (Å²) in [7, 11) is 3.51. The lowest BCUT2D eigenvalue weighted by Crippen LogP contribution is -2.45. The molecular weight excluding hydrogens is 644 g/mol. The minimum absolute atomic E-state index is 0.155. The van der Waals surface area contributed by atoms with Gasteiger partial charge in [0, 0.05) is 60.7 Å². The molecule has 1 aliphatic heterocycles. The number of carbonyl (C=O) groups is 3. The monoisotopic (exact) mass is 684 g/mol. The van der Waals surface area contributed by atoms with Gasteiger partial charge >= 0.3 is 5.97 Å². The maximum atomic E-state index is 14.2. The summed E-state index contributed by atoms with van der Waals surface area (Å²) < 4.78 is 16.7. The molecule has 2 heterocycles. The summed E-state index contributed by atoms with van der Waals surface area (Å²) in [5.74, 6) is 0.102. The van der Waals surface area contributed by atoms with E-state index >= 15 is 0 Å². The topological polar surface area (TPSA) is 130 Å². The van der Waals surface area contributed by atoms with Crippen molar-refractivity contribution in [1.29, 1.82) is 0 Å². The van der Waals surface area contributed by atoms with Gasteiger partial charge in [0.1, 0.15) is 11.5 Å². The van der Waals surface area contributed by atoms with Gasteiger partial charge < -0.3 is 34.3 Å². The van der Waals surface area contributed by atoms with E-state index in [1.165, 1.54) is 24.8 Å². The number of thioether (sulfide) groups is 1. The minimum atomic E-state index is -1.05. The van der Waals surface area contributed by atoms with Crippen LogP contribution < -0.4 is 20.3 Å². The highest BCUT2D eigenvalue weighted by Crippen LogP contribution is 2.48. The standard InChI is InChI=1S/C37H40N4O7S/c1-24-35(26-8-6-5-7-9-26)49-36(27-10-13-29(46-4)14-11-27)34(48-25(2)42)37(45)41(24)21-20-40(3)19-18-38-33(44)23-47-30-15-16-31-28(22-30)12-17-32(43)39-31/h5-17,22,34,36H,18-21,23H2,1-4H3,(H,38,44)(H,39,43)/t34-,36+/m1/s1. The van der Waals surface area contributed by atoms with Crippen LogP contribution in [-0.2, 0) is 19.1 Å². The quantitative estimate of drug-likeness (QED) is 0.194. The first-order valence-electron chi connectivity index (χ1n) is 15.9.